The van der Waals surface area contributed by atoms with Crippen LogP contribution in [0.15, 0.2) is 18.2 Å². The Morgan fingerprint density at radius 2 is 2.24 bits per heavy atom. The minimum absolute atomic E-state index is 0.0271. The second kappa shape index (κ2) is 3.47. The van der Waals surface area contributed by atoms with E-state index in [4.69, 9.17) is 10.5 Å². The van der Waals surface area contributed by atoms with Crippen molar-refractivity contribution >= 4 is 11.6 Å². The highest BCUT2D eigenvalue weighted by molar-refractivity contribution is 5.96. The van der Waals surface area contributed by atoms with Gasteiger partial charge < -0.3 is 15.8 Å². The highest BCUT2D eigenvalue weighted by Gasteiger charge is 2.49. The second-order valence-electron chi connectivity index (χ2n) is 4.96. The van der Waals surface area contributed by atoms with Gasteiger partial charge in [0, 0.05) is 11.5 Å². The van der Waals surface area contributed by atoms with Crippen LogP contribution >= 0.6 is 0 Å². The molecule has 1 atom stereocenters. The number of rotatable bonds is 2. The second-order valence-corrected chi connectivity index (χ2v) is 4.96. The first-order valence-electron chi connectivity index (χ1n) is 5.95. The molecular formula is C13H16N2O2. The van der Waals surface area contributed by atoms with Gasteiger partial charge in [0.15, 0.2) is 6.61 Å². The molecule has 1 aliphatic heterocycles. The zero-order valence-electron chi connectivity index (χ0n) is 9.82. The summed E-state index contributed by atoms with van der Waals surface area (Å²) in [5, 5.41) is 2.91. The van der Waals surface area contributed by atoms with Crippen LogP contribution in [-0.2, 0) is 10.2 Å². The van der Waals surface area contributed by atoms with Crippen molar-refractivity contribution in [1.82, 2.24) is 0 Å². The van der Waals surface area contributed by atoms with Crippen LogP contribution in [0.2, 0.25) is 0 Å². The molecule has 1 saturated carbocycles. The standard InChI is InChI=1S/C13H16N2O2/c1-8(14)13(5-6-13)9-3-2-4-10-12(9)15-11(16)7-17-10/h2-4,8H,5-7,14H2,1H3,(H,15,16). The van der Waals surface area contributed by atoms with Gasteiger partial charge in [-0.3, -0.25) is 4.79 Å². The van der Waals surface area contributed by atoms with E-state index in [0.29, 0.717) is 0 Å². The maximum Gasteiger partial charge on any atom is 0.262 e. The van der Waals surface area contributed by atoms with Crippen LogP contribution in [0.5, 0.6) is 5.75 Å². The van der Waals surface area contributed by atoms with Gasteiger partial charge in [0.1, 0.15) is 5.75 Å². The van der Waals surface area contributed by atoms with E-state index in [2.05, 4.69) is 5.32 Å². The average molecular weight is 232 g/mol. The first-order chi connectivity index (χ1) is 8.13. The number of hydrogen-bond donors (Lipinski definition) is 2. The predicted molar refractivity (Wildman–Crippen MR) is 65.1 cm³/mol. The van der Waals surface area contributed by atoms with Gasteiger partial charge in [-0.25, -0.2) is 0 Å². The van der Waals surface area contributed by atoms with Crippen LogP contribution in [0.4, 0.5) is 5.69 Å². The number of fused-ring (bicyclic) bond motifs is 1. The predicted octanol–water partition coefficient (Wildman–Crippen LogP) is 1.40. The Bertz CT molecular complexity index is 478. The number of nitrogens with one attached hydrogen (secondary N) is 1. The van der Waals surface area contributed by atoms with Crippen molar-refractivity contribution in [2.75, 3.05) is 11.9 Å². The van der Waals surface area contributed by atoms with E-state index >= 15 is 0 Å². The summed E-state index contributed by atoms with van der Waals surface area (Å²) in [5.74, 6) is 0.666. The summed E-state index contributed by atoms with van der Waals surface area (Å²) >= 11 is 0. The molecule has 1 unspecified atom stereocenters. The van der Waals surface area contributed by atoms with Gasteiger partial charge in [0.25, 0.3) is 5.91 Å². The molecule has 17 heavy (non-hydrogen) atoms. The largest absolute Gasteiger partial charge is 0.482 e. The van der Waals surface area contributed by atoms with Gasteiger partial charge in [0.2, 0.25) is 0 Å². The number of ether oxygens (including phenoxy) is 1. The molecule has 1 aromatic carbocycles. The lowest BCUT2D eigenvalue weighted by atomic mass is 9.87. The Morgan fingerprint density at radius 3 is 2.88 bits per heavy atom. The molecule has 1 fully saturated rings. The number of benzene rings is 1. The summed E-state index contributed by atoms with van der Waals surface area (Å²) in [6.45, 7) is 2.12. The van der Waals surface area contributed by atoms with Crippen LogP contribution < -0.4 is 15.8 Å². The SMILES string of the molecule is CC(N)C1(c2cccc3c2NC(=O)CO3)CC1. The topological polar surface area (TPSA) is 64.3 Å². The van der Waals surface area contributed by atoms with Crippen LogP contribution in [0.1, 0.15) is 25.3 Å². The third kappa shape index (κ3) is 1.52. The number of para-hydroxylation sites is 1. The normalized spacial score (nSPS) is 22.1. The Morgan fingerprint density at radius 1 is 1.47 bits per heavy atom. The number of carbonyl (C=O) groups excluding carboxylic acids is 1. The summed E-state index contributed by atoms with van der Waals surface area (Å²) in [6, 6.07) is 5.99. The lowest BCUT2D eigenvalue weighted by molar-refractivity contribution is -0.118. The molecule has 90 valence electrons. The first kappa shape index (κ1) is 10.6. The summed E-state index contributed by atoms with van der Waals surface area (Å²) in [5.41, 5.74) is 8.05. The molecule has 2 aliphatic rings. The third-order valence-corrected chi connectivity index (χ3v) is 3.85. The smallest absolute Gasteiger partial charge is 0.262 e. The van der Waals surface area contributed by atoms with E-state index in [-0.39, 0.29) is 24.0 Å². The Labute approximate surface area is 100 Å². The Balaban J connectivity index is 2.09. The summed E-state index contributed by atoms with van der Waals surface area (Å²) in [4.78, 5) is 11.4. The highest BCUT2D eigenvalue weighted by atomic mass is 16.5. The van der Waals surface area contributed by atoms with Crippen LogP contribution in [0.25, 0.3) is 0 Å². The summed E-state index contributed by atoms with van der Waals surface area (Å²) in [6.07, 6.45) is 2.16. The molecule has 3 N–H and O–H groups in total. The molecule has 0 spiro atoms. The number of anilines is 1. The van der Waals surface area contributed by atoms with Crippen LogP contribution in [0, 0.1) is 0 Å². The monoisotopic (exact) mass is 232 g/mol. The van der Waals surface area contributed by atoms with Crippen molar-refractivity contribution in [2.24, 2.45) is 5.73 Å². The minimum atomic E-state index is -0.0922. The molecule has 1 aromatic rings. The van der Waals surface area contributed by atoms with Gasteiger partial charge in [-0.1, -0.05) is 12.1 Å². The van der Waals surface area contributed by atoms with E-state index < -0.39 is 0 Å². The molecule has 0 saturated heterocycles. The van der Waals surface area contributed by atoms with Crippen molar-refractivity contribution in [3.8, 4) is 5.75 Å². The van der Waals surface area contributed by atoms with Crippen molar-refractivity contribution in [3.63, 3.8) is 0 Å². The van der Waals surface area contributed by atoms with Crippen LogP contribution in [0.3, 0.4) is 0 Å². The van der Waals surface area contributed by atoms with Gasteiger partial charge >= 0.3 is 0 Å². The van der Waals surface area contributed by atoms with Crippen molar-refractivity contribution in [3.05, 3.63) is 23.8 Å². The lowest BCUT2D eigenvalue weighted by Crippen LogP contribution is -2.34. The molecule has 1 heterocycles. The maximum absolute atomic E-state index is 11.4. The maximum atomic E-state index is 11.4. The van der Waals surface area contributed by atoms with Crippen molar-refractivity contribution in [2.45, 2.75) is 31.2 Å². The fraction of sp³-hybridized carbons (Fsp3) is 0.462. The molecule has 3 rings (SSSR count). The zero-order chi connectivity index (χ0) is 12.0. The number of amides is 1. The lowest BCUT2D eigenvalue weighted by Gasteiger charge is -2.27. The number of hydrogen-bond acceptors (Lipinski definition) is 3. The van der Waals surface area contributed by atoms with Gasteiger partial charge in [-0.05, 0) is 31.4 Å². The molecule has 4 heteroatoms. The van der Waals surface area contributed by atoms with E-state index in [1.165, 1.54) is 0 Å². The van der Waals surface area contributed by atoms with Gasteiger partial charge in [-0.15, -0.1) is 0 Å². The molecule has 0 bridgehead atoms. The molecule has 0 aromatic heterocycles. The Hall–Kier alpha value is -1.55. The highest BCUT2D eigenvalue weighted by Crippen LogP contribution is 2.54. The zero-order valence-corrected chi connectivity index (χ0v) is 9.82. The van der Waals surface area contributed by atoms with Gasteiger partial charge in [0.05, 0.1) is 5.69 Å². The number of carbonyl (C=O) groups is 1. The molecule has 4 nitrogen and oxygen atoms in total. The summed E-state index contributed by atoms with van der Waals surface area (Å²) < 4.78 is 5.43. The molecule has 1 aliphatic carbocycles. The fourth-order valence-electron chi connectivity index (χ4n) is 2.62. The Kier molecular flexibility index (Phi) is 2.16. The van der Waals surface area contributed by atoms with Crippen molar-refractivity contribution < 1.29 is 9.53 Å². The molecular weight excluding hydrogens is 216 g/mol. The fourth-order valence-corrected chi connectivity index (χ4v) is 2.62. The van der Waals surface area contributed by atoms with E-state index in [1.54, 1.807) is 0 Å². The molecule has 1 amide bonds. The number of nitrogens with two attached hydrogens (primary N) is 1. The van der Waals surface area contributed by atoms with Crippen molar-refractivity contribution in [1.29, 1.82) is 0 Å². The third-order valence-electron chi connectivity index (χ3n) is 3.85. The van der Waals surface area contributed by atoms with E-state index in [0.717, 1.165) is 29.8 Å². The average Bonchev–Trinajstić information content (AvgIpc) is 3.09. The quantitative estimate of drug-likeness (QED) is 0.810. The van der Waals surface area contributed by atoms with E-state index in [9.17, 15) is 4.79 Å². The van der Waals surface area contributed by atoms with Crippen LogP contribution in [-0.4, -0.2) is 18.6 Å². The summed E-state index contributed by atoms with van der Waals surface area (Å²) in [7, 11) is 0. The minimum Gasteiger partial charge on any atom is -0.482 e. The van der Waals surface area contributed by atoms with Gasteiger partial charge in [-0.2, -0.15) is 0 Å². The van der Waals surface area contributed by atoms with E-state index in [1.807, 2.05) is 25.1 Å². The first-order valence-corrected chi connectivity index (χ1v) is 5.95. The molecule has 0 radical (unpaired) electrons.